The maximum Gasteiger partial charge on any atom is 0.356 e. The Labute approximate surface area is 118 Å². The first-order chi connectivity index (χ1) is 9.75. The lowest BCUT2D eigenvalue weighted by molar-refractivity contribution is 0.0688. The van der Waals surface area contributed by atoms with Crippen molar-refractivity contribution < 1.29 is 9.90 Å². The lowest BCUT2D eigenvalue weighted by Gasteiger charge is -2.05. The first-order valence-electron chi connectivity index (χ1n) is 7.11. The second-order valence-corrected chi connectivity index (χ2v) is 5.24. The van der Waals surface area contributed by atoms with Crippen LogP contribution in [0.15, 0.2) is 30.3 Å². The van der Waals surface area contributed by atoms with Crippen molar-refractivity contribution in [3.63, 3.8) is 0 Å². The van der Waals surface area contributed by atoms with E-state index >= 15 is 0 Å². The molecule has 0 spiro atoms. The van der Waals surface area contributed by atoms with Crippen LogP contribution in [-0.2, 0) is 25.8 Å². The minimum absolute atomic E-state index is 0.261. The number of benzene rings is 1. The Morgan fingerprint density at radius 2 is 2.05 bits per heavy atom. The van der Waals surface area contributed by atoms with E-state index in [1.165, 1.54) is 5.56 Å². The van der Waals surface area contributed by atoms with E-state index in [0.717, 1.165) is 49.9 Å². The second-order valence-electron chi connectivity index (χ2n) is 5.24. The van der Waals surface area contributed by atoms with Crippen LogP contribution >= 0.6 is 0 Å². The van der Waals surface area contributed by atoms with Crippen molar-refractivity contribution in [3.05, 3.63) is 52.8 Å². The van der Waals surface area contributed by atoms with Gasteiger partial charge in [0, 0.05) is 17.8 Å². The van der Waals surface area contributed by atoms with Gasteiger partial charge in [-0.2, -0.15) is 5.10 Å². The molecule has 1 aromatic heterocycles. The molecular weight excluding hydrogens is 252 g/mol. The third-order valence-electron chi connectivity index (χ3n) is 3.89. The molecule has 4 heteroatoms. The molecule has 0 radical (unpaired) electrons. The Hall–Kier alpha value is -2.10. The molecule has 1 heterocycles. The maximum absolute atomic E-state index is 11.2. The summed E-state index contributed by atoms with van der Waals surface area (Å²) in [7, 11) is 0. The fourth-order valence-electron chi connectivity index (χ4n) is 2.94. The van der Waals surface area contributed by atoms with Crippen molar-refractivity contribution in [1.82, 2.24) is 9.78 Å². The summed E-state index contributed by atoms with van der Waals surface area (Å²) in [6, 6.07) is 10.3. The van der Waals surface area contributed by atoms with Crippen molar-refractivity contribution >= 4 is 5.97 Å². The fraction of sp³-hybridized carbons (Fsp3) is 0.375. The van der Waals surface area contributed by atoms with Gasteiger partial charge in [-0.15, -0.1) is 0 Å². The number of carbonyl (C=O) groups is 1. The SMILES string of the molecule is O=C(O)c1nn(CCCc2ccccc2)c2c1CCC2. The highest BCUT2D eigenvalue weighted by molar-refractivity contribution is 5.87. The van der Waals surface area contributed by atoms with E-state index in [9.17, 15) is 9.90 Å². The van der Waals surface area contributed by atoms with Crippen LogP contribution in [0.25, 0.3) is 0 Å². The molecule has 0 amide bonds. The van der Waals surface area contributed by atoms with Gasteiger partial charge in [-0.1, -0.05) is 30.3 Å². The van der Waals surface area contributed by atoms with Crippen LogP contribution in [0.2, 0.25) is 0 Å². The smallest absolute Gasteiger partial charge is 0.356 e. The van der Waals surface area contributed by atoms with Crippen LogP contribution in [0.4, 0.5) is 0 Å². The predicted octanol–water partition coefficient (Wildman–Crippen LogP) is 2.70. The molecule has 0 saturated carbocycles. The van der Waals surface area contributed by atoms with Crippen molar-refractivity contribution in [2.24, 2.45) is 0 Å². The summed E-state index contributed by atoms with van der Waals surface area (Å²) in [5.74, 6) is -0.898. The molecule has 1 aromatic carbocycles. The van der Waals surface area contributed by atoms with E-state index in [-0.39, 0.29) is 5.69 Å². The number of carboxylic acid groups (broad SMARTS) is 1. The molecule has 4 nitrogen and oxygen atoms in total. The fourth-order valence-corrected chi connectivity index (χ4v) is 2.94. The van der Waals surface area contributed by atoms with Crippen LogP contribution in [0.3, 0.4) is 0 Å². The second kappa shape index (κ2) is 5.49. The molecule has 0 unspecified atom stereocenters. The molecule has 20 heavy (non-hydrogen) atoms. The van der Waals surface area contributed by atoms with Gasteiger partial charge in [0.1, 0.15) is 0 Å². The van der Waals surface area contributed by atoms with Crippen LogP contribution < -0.4 is 0 Å². The Morgan fingerprint density at radius 1 is 1.25 bits per heavy atom. The summed E-state index contributed by atoms with van der Waals surface area (Å²) < 4.78 is 1.91. The molecule has 0 atom stereocenters. The van der Waals surface area contributed by atoms with Gasteiger partial charge in [0.05, 0.1) is 0 Å². The van der Waals surface area contributed by atoms with Gasteiger partial charge in [0.2, 0.25) is 0 Å². The van der Waals surface area contributed by atoms with Crippen LogP contribution in [-0.4, -0.2) is 20.9 Å². The van der Waals surface area contributed by atoms with Crippen molar-refractivity contribution in [3.8, 4) is 0 Å². The van der Waals surface area contributed by atoms with Crippen molar-refractivity contribution in [2.75, 3.05) is 0 Å². The molecule has 0 saturated heterocycles. The topological polar surface area (TPSA) is 55.1 Å². The molecule has 1 N–H and O–H groups in total. The van der Waals surface area contributed by atoms with Gasteiger partial charge in [0.25, 0.3) is 0 Å². The Bertz CT molecular complexity index is 617. The number of aromatic carboxylic acids is 1. The molecule has 0 fully saturated rings. The number of carboxylic acids is 1. The number of rotatable bonds is 5. The number of aryl methyl sites for hydroxylation is 2. The predicted molar refractivity (Wildman–Crippen MR) is 76.0 cm³/mol. The lowest BCUT2D eigenvalue weighted by atomic mass is 10.1. The number of hydrogen-bond donors (Lipinski definition) is 1. The van der Waals surface area contributed by atoms with Crippen molar-refractivity contribution in [2.45, 2.75) is 38.6 Å². The third kappa shape index (κ3) is 2.46. The van der Waals surface area contributed by atoms with E-state index < -0.39 is 5.97 Å². The zero-order valence-electron chi connectivity index (χ0n) is 11.4. The Morgan fingerprint density at radius 3 is 2.80 bits per heavy atom. The number of nitrogens with zero attached hydrogens (tertiary/aromatic N) is 2. The molecule has 3 rings (SSSR count). The largest absolute Gasteiger partial charge is 0.476 e. The third-order valence-corrected chi connectivity index (χ3v) is 3.89. The average molecular weight is 270 g/mol. The maximum atomic E-state index is 11.2. The molecule has 104 valence electrons. The summed E-state index contributed by atoms with van der Waals surface area (Å²) >= 11 is 0. The number of hydrogen-bond acceptors (Lipinski definition) is 2. The monoisotopic (exact) mass is 270 g/mol. The summed E-state index contributed by atoms with van der Waals surface area (Å²) in [4.78, 5) is 11.2. The first kappa shape index (κ1) is 12.9. The van der Waals surface area contributed by atoms with E-state index in [1.807, 2.05) is 22.9 Å². The van der Waals surface area contributed by atoms with E-state index in [0.29, 0.717) is 0 Å². The number of aromatic nitrogens is 2. The highest BCUT2D eigenvalue weighted by Crippen LogP contribution is 2.25. The summed E-state index contributed by atoms with van der Waals surface area (Å²) in [6.45, 7) is 0.796. The van der Waals surface area contributed by atoms with E-state index in [4.69, 9.17) is 0 Å². The Balaban J connectivity index is 1.69. The molecular formula is C16H18N2O2. The van der Waals surface area contributed by atoms with E-state index in [1.54, 1.807) is 0 Å². The Kier molecular flexibility index (Phi) is 3.54. The van der Waals surface area contributed by atoms with E-state index in [2.05, 4.69) is 17.2 Å². The zero-order valence-corrected chi connectivity index (χ0v) is 11.4. The molecule has 1 aliphatic carbocycles. The number of fused-ring (bicyclic) bond motifs is 1. The highest BCUT2D eigenvalue weighted by atomic mass is 16.4. The van der Waals surface area contributed by atoms with Gasteiger partial charge in [-0.3, -0.25) is 4.68 Å². The highest BCUT2D eigenvalue weighted by Gasteiger charge is 2.25. The van der Waals surface area contributed by atoms with Crippen LogP contribution in [0, 0.1) is 0 Å². The van der Waals surface area contributed by atoms with Crippen molar-refractivity contribution in [1.29, 1.82) is 0 Å². The minimum Gasteiger partial charge on any atom is -0.476 e. The summed E-state index contributed by atoms with van der Waals surface area (Å²) in [5.41, 5.74) is 3.67. The van der Waals surface area contributed by atoms with Gasteiger partial charge < -0.3 is 5.11 Å². The molecule has 0 aliphatic heterocycles. The van der Waals surface area contributed by atoms with Crippen LogP contribution in [0.1, 0.15) is 40.2 Å². The van der Waals surface area contributed by atoms with Gasteiger partial charge in [-0.25, -0.2) is 4.79 Å². The normalized spacial score (nSPS) is 13.4. The summed E-state index contributed by atoms with van der Waals surface area (Å²) in [5, 5.41) is 13.5. The standard InChI is InChI=1S/C16H18N2O2/c19-16(20)15-13-9-4-10-14(13)18(17-15)11-5-8-12-6-2-1-3-7-12/h1-3,6-7H,4-5,8-11H2,(H,19,20). The van der Waals surface area contributed by atoms with Gasteiger partial charge in [-0.05, 0) is 37.7 Å². The molecule has 1 aliphatic rings. The van der Waals surface area contributed by atoms with Crippen LogP contribution in [0.5, 0.6) is 0 Å². The molecule has 2 aromatic rings. The van der Waals surface area contributed by atoms with Gasteiger partial charge >= 0.3 is 5.97 Å². The zero-order chi connectivity index (χ0) is 13.9. The molecule has 0 bridgehead atoms. The first-order valence-corrected chi connectivity index (χ1v) is 7.11. The lowest BCUT2D eigenvalue weighted by Crippen LogP contribution is -2.07. The van der Waals surface area contributed by atoms with Gasteiger partial charge in [0.15, 0.2) is 5.69 Å². The summed E-state index contributed by atoms with van der Waals surface area (Å²) in [6.07, 6.45) is 4.85. The quantitative estimate of drug-likeness (QED) is 0.908. The minimum atomic E-state index is -0.898. The average Bonchev–Trinajstić information content (AvgIpc) is 3.03.